The average Bonchev–Trinajstić information content (AvgIpc) is 2.19. The molecule has 0 radical (unpaired) electrons. The van der Waals surface area contributed by atoms with Crippen molar-refractivity contribution in [3.63, 3.8) is 0 Å². The molecule has 3 aliphatic rings. The Kier molecular flexibility index (Phi) is 5.99. The van der Waals surface area contributed by atoms with Crippen molar-refractivity contribution in [2.75, 3.05) is 45.3 Å². The molecule has 0 spiro atoms. The maximum Gasteiger partial charge on any atom is 0.762 e. The van der Waals surface area contributed by atoms with E-state index in [0.717, 1.165) is 24.1 Å². The van der Waals surface area contributed by atoms with E-state index in [9.17, 15) is 17.4 Å². The molecule has 3 fully saturated rings. The van der Waals surface area contributed by atoms with Gasteiger partial charge in [0.2, 0.25) is 0 Å². The van der Waals surface area contributed by atoms with Crippen molar-refractivity contribution in [1.29, 1.82) is 0 Å². The zero-order valence-electron chi connectivity index (χ0n) is 8.69. The van der Waals surface area contributed by atoms with E-state index in [2.05, 4.69) is 0 Å². The van der Waals surface area contributed by atoms with Crippen molar-refractivity contribution in [3.8, 4) is 0 Å². The van der Waals surface area contributed by atoms with Crippen molar-refractivity contribution in [2.24, 2.45) is 0 Å². The van der Waals surface area contributed by atoms with Crippen LogP contribution in [0.1, 0.15) is 0 Å². The standard InChI is InChI=1S/C7H14ClFN2.BF3.FH/c8-7-10-1-4-11(9,5-2-10)6-3-10;2-1(3)4;/h1-7H2;;1H/q+2;;/p-1. The van der Waals surface area contributed by atoms with E-state index in [4.69, 9.17) is 11.6 Å². The highest BCUT2D eigenvalue weighted by atomic mass is 35.5. The molecule has 0 unspecified atom stereocenters. The number of rotatable bonds is 1. The molecule has 9 heteroatoms. The Bertz CT molecular complexity index is 194. The van der Waals surface area contributed by atoms with Crippen molar-refractivity contribution < 1.29 is 31.3 Å². The molecule has 2 bridgehead atoms. The second kappa shape index (κ2) is 6.02. The number of hydrogen-bond donors (Lipinski definition) is 0. The van der Waals surface area contributed by atoms with Crippen LogP contribution in [0.2, 0.25) is 0 Å². The number of piperazine rings is 3. The summed E-state index contributed by atoms with van der Waals surface area (Å²) in [6, 6.07) is 0.667. The first-order chi connectivity index (χ1) is 6.91. The fraction of sp³-hybridized carbons (Fsp3) is 1.00. The van der Waals surface area contributed by atoms with E-state index in [1.54, 1.807) is 0 Å². The average molecular weight is 267 g/mol. The molecule has 3 heterocycles. The van der Waals surface area contributed by atoms with Crippen LogP contribution in [0.5, 0.6) is 0 Å². The SMILES string of the molecule is FB(F)F.F[N+]12CC[N+](CCl)(CC1)CC2.[F-]. The molecular formula is C7H14BClF5N2+. The molecule has 0 aromatic carbocycles. The predicted molar refractivity (Wildman–Crippen MR) is 50.6 cm³/mol. The van der Waals surface area contributed by atoms with Gasteiger partial charge in [0.1, 0.15) is 19.6 Å². The molecule has 16 heavy (non-hydrogen) atoms. The van der Waals surface area contributed by atoms with E-state index >= 15 is 0 Å². The number of quaternary nitrogens is 2. The van der Waals surface area contributed by atoms with Crippen molar-refractivity contribution >= 4 is 19.1 Å². The van der Waals surface area contributed by atoms with Crippen LogP contribution in [0.3, 0.4) is 0 Å². The number of nitrogens with zero attached hydrogens (tertiary/aromatic N) is 2. The Hall–Kier alpha value is -0.0751. The molecule has 0 aliphatic carbocycles. The normalized spacial score (nSPS) is 35.8. The highest BCUT2D eigenvalue weighted by molar-refractivity contribution is 6.33. The first-order valence-corrected chi connectivity index (χ1v) is 5.34. The summed E-state index contributed by atoms with van der Waals surface area (Å²) in [6.07, 6.45) is 0. The third-order valence-corrected chi connectivity index (χ3v) is 3.69. The summed E-state index contributed by atoms with van der Waals surface area (Å²) in [5.41, 5.74) is 0. The summed E-state index contributed by atoms with van der Waals surface area (Å²) in [6.45, 7) is 4.81. The fourth-order valence-electron chi connectivity index (χ4n) is 2.02. The van der Waals surface area contributed by atoms with E-state index in [1.165, 1.54) is 0 Å². The maximum atomic E-state index is 13.5. The minimum atomic E-state index is -3.67. The molecule has 3 rings (SSSR count). The van der Waals surface area contributed by atoms with Crippen molar-refractivity contribution in [3.05, 3.63) is 0 Å². The number of hydrogen-bond acceptors (Lipinski definition) is 0. The van der Waals surface area contributed by atoms with Crippen LogP contribution in [0, 0.1) is 0 Å². The van der Waals surface area contributed by atoms with Gasteiger partial charge >= 0.3 is 7.54 Å². The Morgan fingerprint density at radius 1 is 0.938 bits per heavy atom. The molecular weight excluding hydrogens is 253 g/mol. The van der Waals surface area contributed by atoms with E-state index in [-0.39, 0.29) is 9.41 Å². The Morgan fingerprint density at radius 3 is 1.50 bits per heavy atom. The van der Waals surface area contributed by atoms with Gasteiger partial charge in [0, 0.05) is 0 Å². The summed E-state index contributed by atoms with van der Waals surface area (Å²) >= 11 is 5.85. The Morgan fingerprint density at radius 2 is 1.25 bits per heavy atom. The van der Waals surface area contributed by atoms with Crippen LogP contribution in [-0.2, 0) is 0 Å². The highest BCUT2D eigenvalue weighted by Crippen LogP contribution is 2.27. The van der Waals surface area contributed by atoms with Crippen LogP contribution in [-0.4, -0.2) is 62.0 Å². The molecule has 0 amide bonds. The van der Waals surface area contributed by atoms with Crippen molar-refractivity contribution in [1.82, 2.24) is 0 Å². The number of fused-ring (bicyclic) bond motifs is 3. The molecule has 0 atom stereocenters. The third kappa shape index (κ3) is 4.06. The molecule has 0 aromatic heterocycles. The summed E-state index contributed by atoms with van der Waals surface area (Å²) in [7, 11) is -3.67. The third-order valence-electron chi connectivity index (χ3n) is 3.18. The van der Waals surface area contributed by atoms with Crippen LogP contribution < -0.4 is 4.70 Å². The monoisotopic (exact) mass is 267 g/mol. The van der Waals surface area contributed by atoms with Gasteiger partial charge in [-0.25, -0.2) is 0 Å². The first kappa shape index (κ1) is 15.9. The van der Waals surface area contributed by atoms with Crippen LogP contribution in [0.15, 0.2) is 0 Å². The molecule has 0 aromatic rings. The van der Waals surface area contributed by atoms with E-state index in [0.29, 0.717) is 25.6 Å². The molecule has 0 N–H and O–H groups in total. The smallest absolute Gasteiger partial charge is 0.762 e. The predicted octanol–water partition coefficient (Wildman–Crippen LogP) is -1.39. The first-order valence-electron chi connectivity index (χ1n) is 4.80. The fourth-order valence-corrected chi connectivity index (χ4v) is 2.38. The van der Waals surface area contributed by atoms with Gasteiger partial charge in [-0.2, -0.15) is 0 Å². The van der Waals surface area contributed by atoms with Gasteiger partial charge in [0.25, 0.3) is 0 Å². The molecule has 2 nitrogen and oxygen atoms in total. The summed E-state index contributed by atoms with van der Waals surface area (Å²) in [5, 5.41) is 0. The van der Waals surface area contributed by atoms with Crippen LogP contribution in [0.4, 0.5) is 17.4 Å². The second-order valence-corrected chi connectivity index (χ2v) is 4.32. The van der Waals surface area contributed by atoms with E-state index in [1.807, 2.05) is 0 Å². The minimum absolute atomic E-state index is 0. The minimum Gasteiger partial charge on any atom is -1.00 e. The molecule has 3 aliphatic heterocycles. The quantitative estimate of drug-likeness (QED) is 0.137. The maximum absolute atomic E-state index is 13.5. The zero-order valence-corrected chi connectivity index (χ0v) is 9.45. The van der Waals surface area contributed by atoms with Gasteiger partial charge in [-0.15, -0.1) is 4.71 Å². The lowest BCUT2D eigenvalue weighted by Gasteiger charge is -2.48. The molecule has 3 saturated heterocycles. The lowest BCUT2D eigenvalue weighted by atomic mass is 10.2. The van der Waals surface area contributed by atoms with Gasteiger partial charge in [-0.05, 0) is 4.48 Å². The zero-order chi connectivity index (χ0) is 11.5. The highest BCUT2D eigenvalue weighted by Gasteiger charge is 2.50. The molecule has 96 valence electrons. The lowest BCUT2D eigenvalue weighted by molar-refractivity contribution is -1.15. The number of alkyl halides is 1. The summed E-state index contributed by atoms with van der Waals surface area (Å²) in [5.74, 6) is 0. The van der Waals surface area contributed by atoms with Gasteiger partial charge in [-0.3, -0.25) is 17.4 Å². The van der Waals surface area contributed by atoms with Gasteiger partial charge in [0.05, 0.1) is 0 Å². The van der Waals surface area contributed by atoms with Crippen LogP contribution in [0.25, 0.3) is 0 Å². The Balaban J connectivity index is 0.000000397. The van der Waals surface area contributed by atoms with Crippen molar-refractivity contribution in [2.45, 2.75) is 0 Å². The van der Waals surface area contributed by atoms with Gasteiger partial charge in [0.15, 0.2) is 25.6 Å². The topological polar surface area (TPSA) is 0 Å². The summed E-state index contributed by atoms with van der Waals surface area (Å²) in [4.78, 5) is 0. The second-order valence-electron chi connectivity index (χ2n) is 4.08. The lowest BCUT2D eigenvalue weighted by Crippen LogP contribution is -3.00. The number of halogens is 6. The largest absolute Gasteiger partial charge is 1.00 e. The van der Waals surface area contributed by atoms with Gasteiger partial charge in [-0.1, -0.05) is 11.6 Å². The van der Waals surface area contributed by atoms with E-state index < -0.39 is 7.54 Å². The van der Waals surface area contributed by atoms with Gasteiger partial charge < -0.3 is 4.70 Å². The molecule has 0 saturated carbocycles. The summed E-state index contributed by atoms with van der Waals surface area (Å²) < 4.78 is 43.3. The Labute approximate surface area is 96.5 Å². The van der Waals surface area contributed by atoms with Crippen LogP contribution >= 0.6 is 11.6 Å².